The fourth-order valence-corrected chi connectivity index (χ4v) is 1.71. The number of carbonyl (C=O) groups excluding carboxylic acids is 1. The molecule has 0 saturated carbocycles. The maximum atomic E-state index is 11.4. The molecular formula is C13H18N4O2. The van der Waals surface area contributed by atoms with E-state index in [9.17, 15) is 9.90 Å². The number of ketones is 1. The summed E-state index contributed by atoms with van der Waals surface area (Å²) in [6, 6.07) is 1.79. The van der Waals surface area contributed by atoms with Gasteiger partial charge in [0, 0.05) is 12.7 Å². The Hall–Kier alpha value is -1.95. The van der Waals surface area contributed by atoms with Crippen molar-refractivity contribution in [3.8, 4) is 0 Å². The Kier molecular flexibility index (Phi) is 3.53. The number of fused-ring (bicyclic) bond motifs is 1. The van der Waals surface area contributed by atoms with Crippen LogP contribution in [0, 0.1) is 0 Å². The quantitative estimate of drug-likeness (QED) is 0.798. The minimum Gasteiger partial charge on any atom is -0.390 e. The number of Topliss-reactive ketones (excluding diaryl/α,β-unsaturated/α-hetero) is 1. The van der Waals surface area contributed by atoms with Gasteiger partial charge in [0.25, 0.3) is 0 Å². The Morgan fingerprint density at radius 2 is 2.26 bits per heavy atom. The maximum absolute atomic E-state index is 11.4. The number of anilines is 1. The first kappa shape index (κ1) is 13.5. The van der Waals surface area contributed by atoms with Crippen LogP contribution < -0.4 is 5.32 Å². The van der Waals surface area contributed by atoms with Gasteiger partial charge in [0.15, 0.2) is 11.4 Å². The lowest BCUT2D eigenvalue weighted by Crippen LogP contribution is -2.22. The van der Waals surface area contributed by atoms with Crippen LogP contribution in [0.15, 0.2) is 18.5 Å². The third kappa shape index (κ3) is 3.29. The minimum atomic E-state index is -0.710. The molecule has 2 heterocycles. The zero-order chi connectivity index (χ0) is 14.0. The molecule has 0 spiro atoms. The van der Waals surface area contributed by atoms with Crippen LogP contribution in [0.3, 0.4) is 0 Å². The smallest absolute Gasteiger partial charge is 0.168 e. The number of hydrogen-bond acceptors (Lipinski definition) is 5. The van der Waals surface area contributed by atoms with Crippen LogP contribution in [0.1, 0.15) is 37.6 Å². The number of aromatic nitrogens is 3. The molecule has 0 aromatic carbocycles. The lowest BCUT2D eigenvalue weighted by atomic mass is 10.1. The molecule has 2 rings (SSSR count). The third-order valence-electron chi connectivity index (χ3n) is 2.79. The third-order valence-corrected chi connectivity index (χ3v) is 2.79. The molecule has 0 aliphatic rings. The molecule has 2 aromatic heterocycles. The van der Waals surface area contributed by atoms with Crippen molar-refractivity contribution in [1.29, 1.82) is 0 Å². The second kappa shape index (κ2) is 4.97. The van der Waals surface area contributed by atoms with E-state index in [4.69, 9.17) is 0 Å². The molecule has 0 atom stereocenters. The Labute approximate surface area is 111 Å². The SMILES string of the molecule is CC(=O)c1cnn2ccc(NCCC(C)(C)O)nc12. The molecule has 0 saturated heterocycles. The number of nitrogens with one attached hydrogen (secondary N) is 1. The first-order valence-corrected chi connectivity index (χ1v) is 6.18. The molecule has 19 heavy (non-hydrogen) atoms. The normalized spacial score (nSPS) is 11.8. The summed E-state index contributed by atoms with van der Waals surface area (Å²) in [6.45, 7) is 5.62. The predicted octanol–water partition coefficient (Wildman–Crippen LogP) is 1.50. The number of hydrogen-bond donors (Lipinski definition) is 2. The van der Waals surface area contributed by atoms with Crippen LogP contribution in [-0.4, -0.2) is 37.6 Å². The molecule has 2 N–H and O–H groups in total. The summed E-state index contributed by atoms with van der Waals surface area (Å²) in [7, 11) is 0. The van der Waals surface area contributed by atoms with Crippen molar-refractivity contribution in [3.05, 3.63) is 24.0 Å². The topological polar surface area (TPSA) is 79.5 Å². The van der Waals surface area contributed by atoms with Crippen molar-refractivity contribution in [1.82, 2.24) is 14.6 Å². The van der Waals surface area contributed by atoms with Crippen LogP contribution >= 0.6 is 0 Å². The van der Waals surface area contributed by atoms with Gasteiger partial charge >= 0.3 is 0 Å². The lowest BCUT2D eigenvalue weighted by Gasteiger charge is -2.17. The van der Waals surface area contributed by atoms with Crippen molar-refractivity contribution >= 4 is 17.2 Å². The Morgan fingerprint density at radius 1 is 1.53 bits per heavy atom. The average molecular weight is 262 g/mol. The van der Waals surface area contributed by atoms with Gasteiger partial charge < -0.3 is 10.4 Å². The zero-order valence-electron chi connectivity index (χ0n) is 11.3. The van der Waals surface area contributed by atoms with E-state index in [-0.39, 0.29) is 5.78 Å². The molecular weight excluding hydrogens is 244 g/mol. The van der Waals surface area contributed by atoms with E-state index in [1.807, 2.05) is 0 Å². The van der Waals surface area contributed by atoms with E-state index in [2.05, 4.69) is 15.4 Å². The summed E-state index contributed by atoms with van der Waals surface area (Å²) in [4.78, 5) is 15.8. The first-order valence-electron chi connectivity index (χ1n) is 6.18. The van der Waals surface area contributed by atoms with Crippen LogP contribution in [0.4, 0.5) is 5.82 Å². The van der Waals surface area contributed by atoms with Gasteiger partial charge in [-0.1, -0.05) is 0 Å². The molecule has 0 radical (unpaired) electrons. The van der Waals surface area contributed by atoms with Crippen LogP contribution in [0.25, 0.3) is 5.65 Å². The molecule has 0 amide bonds. The number of nitrogens with zero attached hydrogens (tertiary/aromatic N) is 3. The Bertz CT molecular complexity index is 598. The van der Waals surface area contributed by atoms with Gasteiger partial charge in [0.2, 0.25) is 0 Å². The summed E-state index contributed by atoms with van der Waals surface area (Å²) < 4.78 is 1.57. The summed E-state index contributed by atoms with van der Waals surface area (Å²) >= 11 is 0. The van der Waals surface area contributed by atoms with Gasteiger partial charge in [-0.15, -0.1) is 0 Å². The van der Waals surface area contributed by atoms with Gasteiger partial charge in [-0.2, -0.15) is 5.10 Å². The second-order valence-corrected chi connectivity index (χ2v) is 5.18. The van der Waals surface area contributed by atoms with Crippen LogP contribution in [0.2, 0.25) is 0 Å². The van der Waals surface area contributed by atoms with Gasteiger partial charge in [-0.05, 0) is 33.3 Å². The Morgan fingerprint density at radius 3 is 2.89 bits per heavy atom. The highest BCUT2D eigenvalue weighted by Gasteiger charge is 2.13. The molecule has 0 aliphatic heterocycles. The monoisotopic (exact) mass is 262 g/mol. The number of rotatable bonds is 5. The van der Waals surface area contributed by atoms with Gasteiger partial charge in [-0.3, -0.25) is 4.79 Å². The molecule has 6 nitrogen and oxygen atoms in total. The first-order chi connectivity index (χ1) is 8.87. The van der Waals surface area contributed by atoms with E-state index in [0.717, 1.165) is 0 Å². The predicted molar refractivity (Wildman–Crippen MR) is 72.4 cm³/mol. The Balaban J connectivity index is 2.16. The van der Waals surface area contributed by atoms with Crippen LogP contribution in [-0.2, 0) is 0 Å². The fraction of sp³-hybridized carbons (Fsp3) is 0.462. The molecule has 0 fully saturated rings. The van der Waals surface area contributed by atoms with E-state index < -0.39 is 5.60 Å². The standard InChI is InChI=1S/C13H18N4O2/c1-9(18)10-8-15-17-7-4-11(16-12(10)17)14-6-5-13(2,3)19/h4,7-8,19H,5-6H2,1-3H3,(H,14,16). The van der Waals surface area contributed by atoms with E-state index in [0.29, 0.717) is 30.0 Å². The maximum Gasteiger partial charge on any atom is 0.168 e. The summed E-state index contributed by atoms with van der Waals surface area (Å²) in [6.07, 6.45) is 3.88. The molecule has 2 aromatic rings. The lowest BCUT2D eigenvalue weighted by molar-refractivity contribution is 0.0748. The van der Waals surface area contributed by atoms with Gasteiger partial charge in [0.1, 0.15) is 5.82 Å². The number of carbonyl (C=O) groups is 1. The van der Waals surface area contributed by atoms with Gasteiger partial charge in [0.05, 0.1) is 17.4 Å². The van der Waals surface area contributed by atoms with Crippen molar-refractivity contribution < 1.29 is 9.90 Å². The zero-order valence-corrected chi connectivity index (χ0v) is 11.3. The highest BCUT2D eigenvalue weighted by atomic mass is 16.3. The molecule has 0 aliphatic carbocycles. The molecule has 102 valence electrons. The molecule has 0 unspecified atom stereocenters. The van der Waals surface area contributed by atoms with E-state index in [1.54, 1.807) is 30.6 Å². The van der Waals surface area contributed by atoms with Crippen molar-refractivity contribution in [2.24, 2.45) is 0 Å². The average Bonchev–Trinajstić information content (AvgIpc) is 2.70. The van der Waals surface area contributed by atoms with E-state index >= 15 is 0 Å². The van der Waals surface area contributed by atoms with E-state index in [1.165, 1.54) is 13.1 Å². The van der Waals surface area contributed by atoms with Crippen LogP contribution in [0.5, 0.6) is 0 Å². The largest absolute Gasteiger partial charge is 0.390 e. The van der Waals surface area contributed by atoms with Crippen molar-refractivity contribution in [3.63, 3.8) is 0 Å². The fourth-order valence-electron chi connectivity index (χ4n) is 1.71. The summed E-state index contributed by atoms with van der Waals surface area (Å²) in [5.74, 6) is 0.607. The highest BCUT2D eigenvalue weighted by molar-refractivity contribution is 5.99. The summed E-state index contributed by atoms with van der Waals surface area (Å²) in [5.41, 5.74) is 0.338. The highest BCUT2D eigenvalue weighted by Crippen LogP contribution is 2.13. The summed E-state index contributed by atoms with van der Waals surface area (Å²) in [5, 5.41) is 16.8. The van der Waals surface area contributed by atoms with Crippen molar-refractivity contribution in [2.75, 3.05) is 11.9 Å². The molecule has 6 heteroatoms. The van der Waals surface area contributed by atoms with Crippen molar-refractivity contribution in [2.45, 2.75) is 32.8 Å². The molecule has 0 bridgehead atoms. The minimum absolute atomic E-state index is 0.0591. The number of aliphatic hydroxyl groups is 1. The van der Waals surface area contributed by atoms with Gasteiger partial charge in [-0.25, -0.2) is 9.50 Å². The second-order valence-electron chi connectivity index (χ2n) is 5.18.